The van der Waals surface area contributed by atoms with E-state index in [0.29, 0.717) is 16.7 Å². The number of carboxylic acids is 1. The molecule has 1 aromatic carbocycles. The number of nitrogens with zero attached hydrogens (tertiary/aromatic N) is 3. The van der Waals surface area contributed by atoms with E-state index in [1.54, 1.807) is 18.3 Å². The summed E-state index contributed by atoms with van der Waals surface area (Å²) in [6, 6.07) is 8.11. The third-order valence-electron chi connectivity index (χ3n) is 3.12. The Hall–Kier alpha value is -3.40. The van der Waals surface area contributed by atoms with Crippen molar-refractivity contribution in [3.8, 4) is 11.9 Å². The number of aryl methyl sites for hydroxylation is 1. The smallest absolute Gasteiger partial charge is 0.335 e. The van der Waals surface area contributed by atoms with Crippen molar-refractivity contribution in [3.63, 3.8) is 0 Å². The number of nitriles is 1. The van der Waals surface area contributed by atoms with E-state index in [0.717, 1.165) is 5.56 Å². The van der Waals surface area contributed by atoms with Gasteiger partial charge >= 0.3 is 5.97 Å². The Morgan fingerprint density at radius 2 is 2.26 bits per heavy atom. The van der Waals surface area contributed by atoms with Gasteiger partial charge in [0.1, 0.15) is 17.1 Å². The van der Waals surface area contributed by atoms with Crippen molar-refractivity contribution in [2.45, 2.75) is 13.5 Å². The number of oxazole rings is 1. The van der Waals surface area contributed by atoms with Crippen LogP contribution in [0.15, 0.2) is 34.9 Å². The van der Waals surface area contributed by atoms with Crippen molar-refractivity contribution in [1.82, 2.24) is 9.97 Å². The fourth-order valence-corrected chi connectivity index (χ4v) is 2.05. The zero-order valence-electron chi connectivity index (χ0n) is 12.1. The highest BCUT2D eigenvalue weighted by molar-refractivity contribution is 5.91. The molecule has 114 valence electrons. The van der Waals surface area contributed by atoms with Crippen LogP contribution in [0.3, 0.4) is 0 Å². The minimum Gasteiger partial charge on any atom is -0.478 e. The molecule has 3 rings (SSSR count). The van der Waals surface area contributed by atoms with Crippen LogP contribution in [0.4, 0.5) is 0 Å². The summed E-state index contributed by atoms with van der Waals surface area (Å²) in [4.78, 5) is 19.2. The van der Waals surface area contributed by atoms with Crippen LogP contribution in [-0.4, -0.2) is 21.0 Å². The molecule has 1 N–H and O–H groups in total. The number of ether oxygens (including phenoxy) is 1. The van der Waals surface area contributed by atoms with Crippen molar-refractivity contribution in [3.05, 3.63) is 53.0 Å². The van der Waals surface area contributed by atoms with Gasteiger partial charge in [0, 0.05) is 6.20 Å². The molecule has 7 nitrogen and oxygen atoms in total. The number of hydrogen-bond donors (Lipinski definition) is 1. The molecule has 2 aromatic heterocycles. The molecule has 0 fully saturated rings. The van der Waals surface area contributed by atoms with E-state index in [-0.39, 0.29) is 23.9 Å². The minimum atomic E-state index is -1.04. The van der Waals surface area contributed by atoms with E-state index >= 15 is 0 Å². The molecule has 0 unspecified atom stereocenters. The Morgan fingerprint density at radius 3 is 3.00 bits per heavy atom. The highest BCUT2D eigenvalue weighted by Gasteiger charge is 2.12. The number of aromatic carboxylic acids is 1. The van der Waals surface area contributed by atoms with Crippen molar-refractivity contribution < 1.29 is 19.1 Å². The number of rotatable bonds is 4. The maximum atomic E-state index is 10.9. The lowest BCUT2D eigenvalue weighted by atomic mass is 10.2. The van der Waals surface area contributed by atoms with E-state index in [4.69, 9.17) is 19.5 Å². The van der Waals surface area contributed by atoms with Gasteiger partial charge in [-0.3, -0.25) is 0 Å². The van der Waals surface area contributed by atoms with Gasteiger partial charge in [0.05, 0.1) is 5.56 Å². The lowest BCUT2D eigenvalue weighted by molar-refractivity contribution is 0.0697. The molecule has 0 amide bonds. The largest absolute Gasteiger partial charge is 0.478 e. The molecule has 0 bridgehead atoms. The number of fused-ring (bicyclic) bond motifs is 1. The summed E-state index contributed by atoms with van der Waals surface area (Å²) in [5.74, 6) is -0.566. The van der Waals surface area contributed by atoms with Gasteiger partial charge in [0.25, 0.3) is 0 Å². The molecule has 3 aromatic rings. The molecule has 0 atom stereocenters. The number of benzene rings is 1. The predicted molar refractivity (Wildman–Crippen MR) is 79.0 cm³/mol. The van der Waals surface area contributed by atoms with Crippen molar-refractivity contribution in [2.75, 3.05) is 0 Å². The molecule has 0 saturated heterocycles. The van der Waals surface area contributed by atoms with E-state index < -0.39 is 5.97 Å². The average Bonchev–Trinajstić information content (AvgIpc) is 2.95. The predicted octanol–water partition coefficient (Wildman–Crippen LogP) is 2.68. The Kier molecular flexibility index (Phi) is 3.65. The maximum absolute atomic E-state index is 10.9. The van der Waals surface area contributed by atoms with Crippen LogP contribution in [0.1, 0.15) is 27.4 Å². The quantitative estimate of drug-likeness (QED) is 0.788. The SMILES string of the molecule is Cc1cnc(OCc2nc3ccc(C(=O)O)cc3o2)c(C#N)c1. The second kappa shape index (κ2) is 5.77. The fraction of sp³-hybridized carbons (Fsp3) is 0.125. The molecule has 0 aliphatic carbocycles. The van der Waals surface area contributed by atoms with Gasteiger partial charge in [0.2, 0.25) is 11.8 Å². The van der Waals surface area contributed by atoms with Crippen LogP contribution in [0, 0.1) is 18.3 Å². The van der Waals surface area contributed by atoms with E-state index in [9.17, 15) is 4.79 Å². The number of hydrogen-bond acceptors (Lipinski definition) is 6. The first-order valence-electron chi connectivity index (χ1n) is 6.69. The third-order valence-corrected chi connectivity index (χ3v) is 3.12. The van der Waals surface area contributed by atoms with Crippen LogP contribution < -0.4 is 4.74 Å². The number of carboxylic acid groups (broad SMARTS) is 1. The van der Waals surface area contributed by atoms with Crippen molar-refractivity contribution in [1.29, 1.82) is 5.26 Å². The molecule has 23 heavy (non-hydrogen) atoms. The first kappa shape index (κ1) is 14.5. The Morgan fingerprint density at radius 1 is 1.43 bits per heavy atom. The molecule has 0 aliphatic rings. The lowest BCUT2D eigenvalue weighted by Crippen LogP contribution is -2.00. The van der Waals surface area contributed by atoms with Gasteiger partial charge in [-0.1, -0.05) is 0 Å². The second-order valence-corrected chi connectivity index (χ2v) is 4.86. The van der Waals surface area contributed by atoms with E-state index in [1.807, 2.05) is 13.0 Å². The summed E-state index contributed by atoms with van der Waals surface area (Å²) < 4.78 is 10.9. The second-order valence-electron chi connectivity index (χ2n) is 4.86. The van der Waals surface area contributed by atoms with Crippen molar-refractivity contribution in [2.24, 2.45) is 0 Å². The summed E-state index contributed by atoms with van der Waals surface area (Å²) in [5, 5.41) is 18.0. The molecule has 0 saturated carbocycles. The van der Waals surface area contributed by atoms with Crippen LogP contribution in [-0.2, 0) is 6.61 Å². The highest BCUT2D eigenvalue weighted by Crippen LogP contribution is 2.20. The van der Waals surface area contributed by atoms with Crippen LogP contribution in [0.2, 0.25) is 0 Å². The fourth-order valence-electron chi connectivity index (χ4n) is 2.05. The normalized spacial score (nSPS) is 10.4. The van der Waals surface area contributed by atoms with Crippen LogP contribution in [0.5, 0.6) is 5.88 Å². The third kappa shape index (κ3) is 2.96. The van der Waals surface area contributed by atoms with Gasteiger partial charge in [-0.05, 0) is 36.8 Å². The summed E-state index contributed by atoms with van der Waals surface area (Å²) in [6.45, 7) is 1.82. The average molecular weight is 309 g/mol. The topological polar surface area (TPSA) is 109 Å². The zero-order valence-corrected chi connectivity index (χ0v) is 12.1. The molecule has 7 heteroatoms. The molecular formula is C16H11N3O4. The summed E-state index contributed by atoms with van der Waals surface area (Å²) in [5.41, 5.74) is 2.20. The first-order valence-corrected chi connectivity index (χ1v) is 6.69. The van der Waals surface area contributed by atoms with E-state index in [2.05, 4.69) is 9.97 Å². The van der Waals surface area contributed by atoms with E-state index in [1.165, 1.54) is 12.1 Å². The molecule has 0 radical (unpaired) electrons. The molecule has 2 heterocycles. The first-order chi connectivity index (χ1) is 11.1. The van der Waals surface area contributed by atoms with Gasteiger partial charge in [0.15, 0.2) is 12.2 Å². The van der Waals surface area contributed by atoms with Gasteiger partial charge in [-0.25, -0.2) is 14.8 Å². The Balaban J connectivity index is 1.82. The number of pyridine rings is 1. The number of aromatic nitrogens is 2. The Labute approximate surface area is 130 Å². The molecule has 0 spiro atoms. The Bertz CT molecular complexity index is 940. The van der Waals surface area contributed by atoms with Gasteiger partial charge in [-0.15, -0.1) is 0 Å². The standard InChI is InChI=1S/C16H11N3O4/c1-9-4-11(6-17)15(18-7-9)22-8-14-19-12-3-2-10(16(20)21)5-13(12)23-14/h2-5,7H,8H2,1H3,(H,20,21). The minimum absolute atomic E-state index is 0.0121. The summed E-state index contributed by atoms with van der Waals surface area (Å²) in [7, 11) is 0. The molecule has 0 aliphatic heterocycles. The summed E-state index contributed by atoms with van der Waals surface area (Å²) >= 11 is 0. The maximum Gasteiger partial charge on any atom is 0.335 e. The van der Waals surface area contributed by atoms with Crippen LogP contribution in [0.25, 0.3) is 11.1 Å². The highest BCUT2D eigenvalue weighted by atomic mass is 16.5. The van der Waals surface area contributed by atoms with Gasteiger partial charge < -0.3 is 14.3 Å². The number of carbonyl (C=O) groups is 1. The lowest BCUT2D eigenvalue weighted by Gasteiger charge is -2.04. The van der Waals surface area contributed by atoms with Gasteiger partial charge in [-0.2, -0.15) is 5.26 Å². The zero-order chi connectivity index (χ0) is 16.4. The summed E-state index contributed by atoms with van der Waals surface area (Å²) in [6.07, 6.45) is 1.60. The van der Waals surface area contributed by atoms with Crippen molar-refractivity contribution >= 4 is 17.1 Å². The molecular weight excluding hydrogens is 298 g/mol. The monoisotopic (exact) mass is 309 g/mol. The van der Waals surface area contributed by atoms with Crippen LogP contribution >= 0.6 is 0 Å².